The Balaban J connectivity index is 1.66. The number of hydrogen-bond acceptors (Lipinski definition) is 2. The molecule has 1 aromatic carbocycles. The third-order valence-corrected chi connectivity index (χ3v) is 5.62. The van der Waals surface area contributed by atoms with Crippen molar-refractivity contribution >= 4 is 34.5 Å². The summed E-state index contributed by atoms with van der Waals surface area (Å²) < 4.78 is 0. The fraction of sp³-hybridized carbons (Fsp3) is 0.353. The Morgan fingerprint density at radius 3 is 3.09 bits per heavy atom. The van der Waals surface area contributed by atoms with Gasteiger partial charge in [-0.05, 0) is 43.0 Å². The number of hydrogen-bond donors (Lipinski definition) is 2. The van der Waals surface area contributed by atoms with Crippen LogP contribution in [0, 0.1) is 6.92 Å². The van der Waals surface area contributed by atoms with Crippen molar-refractivity contribution in [2.45, 2.75) is 26.3 Å². The summed E-state index contributed by atoms with van der Waals surface area (Å²) in [7, 11) is 0. The zero-order chi connectivity index (χ0) is 15.7. The van der Waals surface area contributed by atoms with E-state index in [0.717, 1.165) is 24.2 Å². The number of carbonyl (C=O) groups is 1. The molecule has 3 rings (SSSR count). The number of thiophene rings is 1. The van der Waals surface area contributed by atoms with Gasteiger partial charge in [-0.3, -0.25) is 4.79 Å². The Hall–Kier alpha value is -1.36. The van der Waals surface area contributed by atoms with Crippen molar-refractivity contribution in [2.24, 2.45) is 0 Å². The van der Waals surface area contributed by atoms with Crippen LogP contribution in [0.4, 0.5) is 5.69 Å². The molecule has 1 aromatic heterocycles. The van der Waals surface area contributed by atoms with Crippen LogP contribution in [-0.2, 0) is 11.2 Å². The van der Waals surface area contributed by atoms with E-state index in [4.69, 9.17) is 11.6 Å². The van der Waals surface area contributed by atoms with Crippen molar-refractivity contribution in [3.8, 4) is 0 Å². The summed E-state index contributed by atoms with van der Waals surface area (Å²) in [6.07, 6.45) is 1.07. The maximum Gasteiger partial charge on any atom is 0.279 e. The van der Waals surface area contributed by atoms with Crippen LogP contribution >= 0.6 is 22.9 Å². The molecule has 2 N–H and O–H groups in total. The Morgan fingerprint density at radius 2 is 2.27 bits per heavy atom. The van der Waals surface area contributed by atoms with Crippen molar-refractivity contribution in [3.63, 3.8) is 0 Å². The second-order valence-corrected chi connectivity index (χ2v) is 7.30. The summed E-state index contributed by atoms with van der Waals surface area (Å²) in [4.78, 5) is 15.2. The van der Waals surface area contributed by atoms with Gasteiger partial charge in [0.15, 0.2) is 6.54 Å². The molecule has 2 heterocycles. The number of rotatable bonds is 3. The largest absolute Gasteiger partial charge is 0.321 e. The number of carbonyl (C=O) groups excluding carboxylic acids is 1. The lowest BCUT2D eigenvalue weighted by Gasteiger charge is -2.30. The number of nitrogens with one attached hydrogen (secondary N) is 2. The predicted molar refractivity (Wildman–Crippen MR) is 92.0 cm³/mol. The van der Waals surface area contributed by atoms with Crippen molar-refractivity contribution < 1.29 is 9.69 Å². The minimum absolute atomic E-state index is 0.0471. The first kappa shape index (κ1) is 15.5. The van der Waals surface area contributed by atoms with Crippen LogP contribution in [0.25, 0.3) is 0 Å². The second-order valence-electron chi connectivity index (χ2n) is 5.86. The molecule has 0 saturated heterocycles. The normalized spacial score (nSPS) is 20.5. The highest BCUT2D eigenvalue weighted by Crippen LogP contribution is 2.24. The molecule has 1 amide bonds. The van der Waals surface area contributed by atoms with Gasteiger partial charge in [-0.2, -0.15) is 0 Å². The third-order valence-electron chi connectivity index (χ3n) is 4.39. The summed E-state index contributed by atoms with van der Waals surface area (Å²) in [6, 6.07) is 8.14. The van der Waals surface area contributed by atoms with E-state index in [-0.39, 0.29) is 5.91 Å². The minimum atomic E-state index is 0.0471. The van der Waals surface area contributed by atoms with Gasteiger partial charge in [0.2, 0.25) is 0 Å². The van der Waals surface area contributed by atoms with Crippen molar-refractivity contribution in [3.05, 3.63) is 50.7 Å². The SMILES string of the molecule is Cc1ccc(Cl)cc1NC(=O)C[NH+]1CCc2sccc2[C@H]1C. The smallest absolute Gasteiger partial charge is 0.279 e. The van der Waals surface area contributed by atoms with E-state index in [1.807, 2.05) is 30.4 Å². The molecule has 22 heavy (non-hydrogen) atoms. The maximum absolute atomic E-state index is 12.4. The number of fused-ring (bicyclic) bond motifs is 1. The summed E-state index contributed by atoms with van der Waals surface area (Å²) >= 11 is 7.83. The van der Waals surface area contributed by atoms with E-state index < -0.39 is 0 Å². The zero-order valence-corrected chi connectivity index (χ0v) is 14.4. The van der Waals surface area contributed by atoms with Gasteiger partial charge in [-0.1, -0.05) is 17.7 Å². The standard InChI is InChI=1S/C17H19ClN2OS/c1-11-3-4-13(18)9-15(11)19-17(21)10-20-7-5-16-14(12(20)2)6-8-22-16/h3-4,6,8-9,12H,5,7,10H2,1-2H3,(H,19,21)/p+1/t12-/m1/s1. The summed E-state index contributed by atoms with van der Waals surface area (Å²) in [6.45, 7) is 5.68. The Labute approximate surface area is 139 Å². The van der Waals surface area contributed by atoms with Crippen LogP contribution in [0.2, 0.25) is 5.02 Å². The van der Waals surface area contributed by atoms with Crippen molar-refractivity contribution in [1.82, 2.24) is 0 Å². The molecule has 1 aliphatic rings. The first-order chi connectivity index (χ1) is 10.5. The number of quaternary nitrogens is 1. The highest BCUT2D eigenvalue weighted by Gasteiger charge is 2.29. The topological polar surface area (TPSA) is 33.5 Å². The summed E-state index contributed by atoms with van der Waals surface area (Å²) in [5, 5.41) is 5.79. The van der Waals surface area contributed by atoms with Gasteiger partial charge in [0.25, 0.3) is 5.91 Å². The molecule has 0 fully saturated rings. The quantitative estimate of drug-likeness (QED) is 0.888. The third kappa shape index (κ3) is 3.19. The molecule has 5 heteroatoms. The fourth-order valence-electron chi connectivity index (χ4n) is 3.02. The molecule has 0 aliphatic carbocycles. The molecular formula is C17H20ClN2OS+. The van der Waals surface area contributed by atoms with Crippen molar-refractivity contribution in [1.29, 1.82) is 0 Å². The van der Waals surface area contributed by atoms with Crippen LogP contribution in [0.5, 0.6) is 0 Å². The molecule has 1 unspecified atom stereocenters. The first-order valence-electron chi connectivity index (χ1n) is 7.51. The number of halogens is 1. The Bertz CT molecular complexity index is 698. The molecule has 1 aliphatic heterocycles. The molecule has 3 nitrogen and oxygen atoms in total. The number of amides is 1. The molecule has 0 bridgehead atoms. The van der Waals surface area contributed by atoms with E-state index in [2.05, 4.69) is 23.7 Å². The molecule has 0 radical (unpaired) electrons. The van der Waals surface area contributed by atoms with Gasteiger partial charge in [-0.15, -0.1) is 11.3 Å². The van der Waals surface area contributed by atoms with Crippen LogP contribution < -0.4 is 10.2 Å². The van der Waals surface area contributed by atoms with Gasteiger partial charge in [-0.25, -0.2) is 0 Å². The van der Waals surface area contributed by atoms with E-state index in [9.17, 15) is 4.79 Å². The maximum atomic E-state index is 12.4. The Morgan fingerprint density at radius 1 is 1.45 bits per heavy atom. The van der Waals surface area contributed by atoms with Crippen LogP contribution in [0.1, 0.15) is 29.0 Å². The number of anilines is 1. The molecule has 116 valence electrons. The highest BCUT2D eigenvalue weighted by molar-refractivity contribution is 7.10. The second kappa shape index (κ2) is 6.41. The summed E-state index contributed by atoms with van der Waals surface area (Å²) in [5.41, 5.74) is 3.23. The minimum Gasteiger partial charge on any atom is -0.321 e. The molecular weight excluding hydrogens is 316 g/mol. The number of benzene rings is 1. The average molecular weight is 336 g/mol. The fourth-order valence-corrected chi connectivity index (χ4v) is 4.17. The molecule has 0 spiro atoms. The molecule has 0 saturated carbocycles. The lowest BCUT2D eigenvalue weighted by molar-refractivity contribution is -0.923. The van der Waals surface area contributed by atoms with Crippen LogP contribution in [0.15, 0.2) is 29.6 Å². The number of aryl methyl sites for hydroxylation is 1. The van der Waals surface area contributed by atoms with Gasteiger partial charge in [0.1, 0.15) is 6.04 Å². The molecule has 2 atom stereocenters. The first-order valence-corrected chi connectivity index (χ1v) is 8.77. The summed E-state index contributed by atoms with van der Waals surface area (Å²) in [5.74, 6) is 0.0471. The highest BCUT2D eigenvalue weighted by atomic mass is 35.5. The van der Waals surface area contributed by atoms with Gasteiger partial charge >= 0.3 is 0 Å². The van der Waals surface area contributed by atoms with E-state index in [1.165, 1.54) is 15.3 Å². The lowest BCUT2D eigenvalue weighted by atomic mass is 10.0. The average Bonchev–Trinajstić information content (AvgIpc) is 2.95. The lowest BCUT2D eigenvalue weighted by Crippen LogP contribution is -3.14. The van der Waals surface area contributed by atoms with Crippen LogP contribution in [0.3, 0.4) is 0 Å². The van der Waals surface area contributed by atoms with E-state index in [0.29, 0.717) is 17.6 Å². The Kier molecular flexibility index (Phi) is 4.52. The van der Waals surface area contributed by atoms with E-state index >= 15 is 0 Å². The van der Waals surface area contributed by atoms with Gasteiger partial charge in [0.05, 0.1) is 6.54 Å². The predicted octanol–water partition coefficient (Wildman–Crippen LogP) is 2.85. The van der Waals surface area contributed by atoms with Crippen LogP contribution in [-0.4, -0.2) is 19.0 Å². The van der Waals surface area contributed by atoms with E-state index in [1.54, 1.807) is 6.07 Å². The van der Waals surface area contributed by atoms with Crippen molar-refractivity contribution in [2.75, 3.05) is 18.4 Å². The van der Waals surface area contributed by atoms with Gasteiger partial charge in [0, 0.05) is 27.6 Å². The zero-order valence-electron chi connectivity index (χ0n) is 12.8. The van der Waals surface area contributed by atoms with Gasteiger partial charge < -0.3 is 10.2 Å². The monoisotopic (exact) mass is 335 g/mol. The molecule has 2 aromatic rings.